The number of benzene rings is 1. The van der Waals surface area contributed by atoms with Gasteiger partial charge in [-0.25, -0.2) is 0 Å². The average molecular weight is 355 g/mol. The van der Waals surface area contributed by atoms with E-state index in [9.17, 15) is 9.59 Å². The lowest BCUT2D eigenvalue weighted by molar-refractivity contribution is -0.136. The van der Waals surface area contributed by atoms with Crippen LogP contribution in [0.2, 0.25) is 5.02 Å². The molecule has 0 spiro atoms. The van der Waals surface area contributed by atoms with Gasteiger partial charge >= 0.3 is 0 Å². The minimum Gasteiger partial charge on any atom is -0.382 e. The number of halogens is 1. The molecule has 7 heteroatoms. The first-order chi connectivity index (χ1) is 11.6. The molecule has 0 saturated carbocycles. The van der Waals surface area contributed by atoms with Gasteiger partial charge in [-0.1, -0.05) is 17.7 Å². The number of methoxy groups -OCH3 is 1. The van der Waals surface area contributed by atoms with E-state index in [4.69, 9.17) is 21.1 Å². The Hall–Kier alpha value is -1.63. The molecule has 1 saturated heterocycles. The molecule has 132 valence electrons. The number of ether oxygens (including phenoxy) is 2. The molecule has 0 bridgehead atoms. The van der Waals surface area contributed by atoms with Crippen molar-refractivity contribution in [3.8, 4) is 0 Å². The Kier molecular flexibility index (Phi) is 7.49. The van der Waals surface area contributed by atoms with Crippen molar-refractivity contribution in [2.75, 3.05) is 53.1 Å². The van der Waals surface area contributed by atoms with E-state index < -0.39 is 0 Å². The summed E-state index contributed by atoms with van der Waals surface area (Å²) in [6, 6.07) is 6.93. The molecule has 2 rings (SSSR count). The second kappa shape index (κ2) is 9.61. The van der Waals surface area contributed by atoms with Gasteiger partial charge in [-0.15, -0.1) is 0 Å². The van der Waals surface area contributed by atoms with Crippen LogP contribution in [-0.2, 0) is 14.3 Å². The largest absolute Gasteiger partial charge is 0.382 e. The molecule has 0 N–H and O–H groups in total. The lowest BCUT2D eigenvalue weighted by Gasteiger charge is -2.22. The zero-order valence-electron chi connectivity index (χ0n) is 13.9. The summed E-state index contributed by atoms with van der Waals surface area (Å²) < 4.78 is 10.2. The first kappa shape index (κ1) is 18.7. The molecule has 0 aliphatic carbocycles. The predicted octanol–water partition coefficient (Wildman–Crippen LogP) is 1.68. The van der Waals surface area contributed by atoms with Crippen LogP contribution >= 0.6 is 11.6 Å². The highest BCUT2D eigenvalue weighted by molar-refractivity contribution is 6.30. The lowest BCUT2D eigenvalue weighted by atomic mass is 10.2. The highest BCUT2D eigenvalue weighted by Gasteiger charge is 2.22. The van der Waals surface area contributed by atoms with E-state index in [-0.39, 0.29) is 18.4 Å². The molecular weight excluding hydrogens is 332 g/mol. The first-order valence-corrected chi connectivity index (χ1v) is 8.39. The van der Waals surface area contributed by atoms with Crippen molar-refractivity contribution in [2.24, 2.45) is 0 Å². The molecule has 1 heterocycles. The van der Waals surface area contributed by atoms with Gasteiger partial charge in [-0.2, -0.15) is 0 Å². The van der Waals surface area contributed by atoms with Crippen molar-refractivity contribution in [2.45, 2.75) is 6.42 Å². The zero-order valence-corrected chi connectivity index (χ0v) is 14.6. The van der Waals surface area contributed by atoms with Crippen LogP contribution in [0, 0.1) is 0 Å². The maximum atomic E-state index is 12.6. The SMILES string of the molecule is COCCOCC(=O)N1CCCN(C(=O)c2cccc(Cl)c2)CC1. The zero-order chi connectivity index (χ0) is 17.4. The lowest BCUT2D eigenvalue weighted by Crippen LogP contribution is -2.39. The summed E-state index contributed by atoms with van der Waals surface area (Å²) in [7, 11) is 1.59. The van der Waals surface area contributed by atoms with Gasteiger partial charge in [0, 0.05) is 43.9 Å². The Morgan fingerprint density at radius 1 is 1.12 bits per heavy atom. The van der Waals surface area contributed by atoms with Crippen LogP contribution in [0.1, 0.15) is 16.8 Å². The van der Waals surface area contributed by atoms with Crippen LogP contribution in [0.5, 0.6) is 0 Å². The predicted molar refractivity (Wildman–Crippen MR) is 91.2 cm³/mol. The van der Waals surface area contributed by atoms with E-state index >= 15 is 0 Å². The first-order valence-electron chi connectivity index (χ1n) is 8.01. The summed E-state index contributed by atoms with van der Waals surface area (Å²) in [6.45, 7) is 3.19. The van der Waals surface area contributed by atoms with E-state index in [0.717, 1.165) is 6.42 Å². The van der Waals surface area contributed by atoms with Crippen LogP contribution < -0.4 is 0 Å². The molecule has 6 nitrogen and oxygen atoms in total. The second-order valence-electron chi connectivity index (χ2n) is 5.58. The molecule has 1 aliphatic rings. The van der Waals surface area contributed by atoms with Gasteiger partial charge < -0.3 is 19.3 Å². The molecule has 1 aromatic rings. The Labute approximate surface area is 147 Å². The highest BCUT2D eigenvalue weighted by atomic mass is 35.5. The molecule has 1 fully saturated rings. The molecule has 0 unspecified atom stereocenters. The molecule has 24 heavy (non-hydrogen) atoms. The van der Waals surface area contributed by atoms with Crippen LogP contribution in [0.25, 0.3) is 0 Å². The Bertz CT molecular complexity index is 567. The number of rotatable bonds is 6. The van der Waals surface area contributed by atoms with Crippen LogP contribution in [0.3, 0.4) is 0 Å². The van der Waals surface area contributed by atoms with Gasteiger partial charge in [0.25, 0.3) is 5.91 Å². The number of hydrogen-bond donors (Lipinski definition) is 0. The number of carbonyl (C=O) groups is 2. The molecule has 0 atom stereocenters. The Morgan fingerprint density at radius 2 is 1.88 bits per heavy atom. The van der Waals surface area contributed by atoms with Crippen molar-refractivity contribution in [3.63, 3.8) is 0 Å². The normalized spacial score (nSPS) is 15.2. The monoisotopic (exact) mass is 354 g/mol. The molecular formula is C17H23ClN2O4. The summed E-state index contributed by atoms with van der Waals surface area (Å²) in [5, 5.41) is 0.542. The third-order valence-corrected chi connectivity index (χ3v) is 4.10. The summed E-state index contributed by atoms with van der Waals surface area (Å²) >= 11 is 5.95. The minimum atomic E-state index is -0.0526. The van der Waals surface area contributed by atoms with Crippen LogP contribution in [0.15, 0.2) is 24.3 Å². The average Bonchev–Trinajstić information content (AvgIpc) is 2.84. The van der Waals surface area contributed by atoms with E-state index in [1.807, 2.05) is 0 Å². The van der Waals surface area contributed by atoms with Crippen molar-refractivity contribution in [1.29, 1.82) is 0 Å². The third-order valence-electron chi connectivity index (χ3n) is 3.86. The second-order valence-corrected chi connectivity index (χ2v) is 6.02. The smallest absolute Gasteiger partial charge is 0.253 e. The molecule has 0 aromatic heterocycles. The Morgan fingerprint density at radius 3 is 2.62 bits per heavy atom. The van der Waals surface area contributed by atoms with E-state index in [2.05, 4.69) is 0 Å². The van der Waals surface area contributed by atoms with Gasteiger partial charge in [0.1, 0.15) is 6.61 Å². The molecule has 1 aromatic carbocycles. The molecule has 0 radical (unpaired) electrons. The Balaban J connectivity index is 1.85. The topological polar surface area (TPSA) is 59.1 Å². The number of hydrogen-bond acceptors (Lipinski definition) is 4. The number of nitrogens with zero attached hydrogens (tertiary/aromatic N) is 2. The number of carbonyl (C=O) groups excluding carboxylic acids is 2. The number of amides is 2. The summed E-state index contributed by atoms with van der Waals surface area (Å²) in [4.78, 5) is 28.2. The van der Waals surface area contributed by atoms with Crippen molar-refractivity contribution in [1.82, 2.24) is 9.80 Å². The fourth-order valence-electron chi connectivity index (χ4n) is 2.57. The standard InChI is InChI=1S/C17H23ClN2O4/c1-23-10-11-24-13-16(21)19-6-3-7-20(9-8-19)17(22)14-4-2-5-15(18)12-14/h2,4-5,12H,3,6-11,13H2,1H3. The van der Waals surface area contributed by atoms with Crippen molar-refractivity contribution in [3.05, 3.63) is 34.9 Å². The quantitative estimate of drug-likeness (QED) is 0.729. The fourth-order valence-corrected chi connectivity index (χ4v) is 2.76. The van der Waals surface area contributed by atoms with Gasteiger partial charge in [0.05, 0.1) is 13.2 Å². The van der Waals surface area contributed by atoms with E-state index in [1.165, 1.54) is 0 Å². The summed E-state index contributed by atoms with van der Waals surface area (Å²) in [6.07, 6.45) is 0.746. The third kappa shape index (κ3) is 5.47. The van der Waals surface area contributed by atoms with Gasteiger partial charge in [-0.05, 0) is 24.6 Å². The summed E-state index contributed by atoms with van der Waals surface area (Å²) in [5.41, 5.74) is 0.574. The van der Waals surface area contributed by atoms with Gasteiger partial charge in [0.15, 0.2) is 0 Å². The molecule has 1 aliphatic heterocycles. The molecule has 2 amide bonds. The van der Waals surface area contributed by atoms with Crippen LogP contribution in [0.4, 0.5) is 0 Å². The van der Waals surface area contributed by atoms with Crippen molar-refractivity contribution >= 4 is 23.4 Å². The highest BCUT2D eigenvalue weighted by Crippen LogP contribution is 2.14. The summed E-state index contributed by atoms with van der Waals surface area (Å²) in [5.74, 6) is -0.105. The van der Waals surface area contributed by atoms with Gasteiger partial charge in [-0.3, -0.25) is 9.59 Å². The van der Waals surface area contributed by atoms with Crippen molar-refractivity contribution < 1.29 is 19.1 Å². The van der Waals surface area contributed by atoms with Crippen LogP contribution in [-0.4, -0.2) is 74.7 Å². The fraction of sp³-hybridized carbons (Fsp3) is 0.529. The van der Waals surface area contributed by atoms with E-state index in [0.29, 0.717) is 50.0 Å². The van der Waals surface area contributed by atoms with Gasteiger partial charge in [0.2, 0.25) is 5.91 Å². The maximum absolute atomic E-state index is 12.6. The maximum Gasteiger partial charge on any atom is 0.253 e. The van der Waals surface area contributed by atoms with E-state index in [1.54, 1.807) is 41.2 Å². The minimum absolute atomic E-state index is 0.0472.